The zero-order valence-electron chi connectivity index (χ0n) is 7.06. The molecule has 0 heterocycles. The van der Waals surface area contributed by atoms with Crippen LogP contribution in [-0.4, -0.2) is 0 Å². The molecular weight excluding hydrogens is 132 g/mol. The van der Waals surface area contributed by atoms with Crippen molar-refractivity contribution >= 4 is 0 Å². The van der Waals surface area contributed by atoms with Crippen molar-refractivity contribution in [2.75, 3.05) is 0 Å². The Kier molecular flexibility index (Phi) is 0.596. The Balaban J connectivity index is 1.88. The number of rotatable bonds is 0. The van der Waals surface area contributed by atoms with Crippen LogP contribution in [0, 0.1) is 23.2 Å². The first-order chi connectivity index (χ1) is 5.34. The Hall–Kier alpha value is -0.260. The van der Waals surface area contributed by atoms with Gasteiger partial charge in [-0.1, -0.05) is 18.1 Å². The molecule has 0 N–H and O–H groups in total. The molecule has 0 aliphatic heterocycles. The Morgan fingerprint density at radius 3 is 3.00 bits per heavy atom. The van der Waals surface area contributed by atoms with Gasteiger partial charge >= 0.3 is 0 Å². The van der Waals surface area contributed by atoms with Gasteiger partial charge in [0.25, 0.3) is 0 Å². The third kappa shape index (κ3) is 0.335. The van der Waals surface area contributed by atoms with Crippen molar-refractivity contribution in [3.05, 3.63) is 11.1 Å². The van der Waals surface area contributed by atoms with Crippen LogP contribution in [0.1, 0.15) is 32.6 Å². The van der Waals surface area contributed by atoms with Gasteiger partial charge in [-0.2, -0.15) is 0 Å². The molecule has 0 bridgehead atoms. The van der Waals surface area contributed by atoms with E-state index in [0.29, 0.717) is 0 Å². The van der Waals surface area contributed by atoms with Crippen LogP contribution in [0.15, 0.2) is 11.1 Å². The molecule has 0 radical (unpaired) electrons. The van der Waals surface area contributed by atoms with Gasteiger partial charge in [0.1, 0.15) is 0 Å². The maximum atomic E-state index is 2.48. The smallest absolute Gasteiger partial charge is 0.00146 e. The van der Waals surface area contributed by atoms with Gasteiger partial charge < -0.3 is 0 Å². The molecule has 0 nitrogen and oxygen atoms in total. The van der Waals surface area contributed by atoms with E-state index in [1.807, 2.05) is 11.1 Å². The molecule has 0 aromatic rings. The topological polar surface area (TPSA) is 0 Å². The number of allylic oxidation sites excluding steroid dienone is 2. The van der Waals surface area contributed by atoms with Crippen LogP contribution in [0.3, 0.4) is 0 Å². The maximum absolute atomic E-state index is 2.48. The van der Waals surface area contributed by atoms with Crippen LogP contribution in [-0.2, 0) is 0 Å². The molecular formula is C11H14. The normalized spacial score (nSPS) is 62.5. The van der Waals surface area contributed by atoms with E-state index in [0.717, 1.165) is 23.2 Å². The highest BCUT2D eigenvalue weighted by Gasteiger charge is 2.71. The second-order valence-electron chi connectivity index (χ2n) is 5.13. The van der Waals surface area contributed by atoms with E-state index in [1.54, 1.807) is 19.3 Å². The van der Waals surface area contributed by atoms with Crippen LogP contribution < -0.4 is 0 Å². The van der Waals surface area contributed by atoms with Gasteiger partial charge in [-0.05, 0) is 43.4 Å². The van der Waals surface area contributed by atoms with Gasteiger partial charge in [0.05, 0.1) is 0 Å². The lowest BCUT2D eigenvalue weighted by atomic mass is 9.52. The quantitative estimate of drug-likeness (QED) is 0.461. The SMILES string of the molecule is CC1CC2C3=C(C3)C23CCC13. The van der Waals surface area contributed by atoms with Gasteiger partial charge in [-0.3, -0.25) is 0 Å². The van der Waals surface area contributed by atoms with Crippen molar-refractivity contribution in [2.45, 2.75) is 32.6 Å². The van der Waals surface area contributed by atoms with E-state index < -0.39 is 0 Å². The van der Waals surface area contributed by atoms with Gasteiger partial charge in [-0.25, -0.2) is 0 Å². The Morgan fingerprint density at radius 2 is 2.36 bits per heavy atom. The summed E-state index contributed by atoms with van der Waals surface area (Å²) in [6.07, 6.45) is 6.12. The maximum Gasteiger partial charge on any atom is 0.00146 e. The first kappa shape index (κ1) is 5.40. The number of fused-ring (bicyclic) bond motifs is 1. The Morgan fingerprint density at radius 1 is 1.45 bits per heavy atom. The van der Waals surface area contributed by atoms with Gasteiger partial charge in [0.2, 0.25) is 0 Å². The average molecular weight is 146 g/mol. The second-order valence-corrected chi connectivity index (χ2v) is 5.13. The Bertz CT molecular complexity index is 286. The van der Waals surface area contributed by atoms with Crippen molar-refractivity contribution in [3.8, 4) is 0 Å². The molecule has 4 atom stereocenters. The van der Waals surface area contributed by atoms with E-state index in [4.69, 9.17) is 0 Å². The minimum absolute atomic E-state index is 0.856. The zero-order chi connectivity index (χ0) is 7.22. The fraction of sp³-hybridized carbons (Fsp3) is 0.818. The predicted octanol–water partition coefficient (Wildman–Crippen LogP) is 2.75. The molecule has 4 aliphatic carbocycles. The summed E-state index contributed by atoms with van der Waals surface area (Å²) in [7, 11) is 0. The van der Waals surface area contributed by atoms with E-state index in [2.05, 4.69) is 6.92 Å². The molecule has 58 valence electrons. The van der Waals surface area contributed by atoms with Crippen LogP contribution in [0.5, 0.6) is 0 Å². The van der Waals surface area contributed by atoms with Crippen LogP contribution in [0.4, 0.5) is 0 Å². The molecule has 0 amide bonds. The lowest BCUT2D eigenvalue weighted by Crippen LogP contribution is -2.44. The monoisotopic (exact) mass is 146 g/mol. The Labute approximate surface area is 67.7 Å². The first-order valence-electron chi connectivity index (χ1n) is 5.06. The molecule has 0 heteroatoms. The molecule has 4 rings (SSSR count). The van der Waals surface area contributed by atoms with Crippen molar-refractivity contribution in [1.82, 2.24) is 0 Å². The van der Waals surface area contributed by atoms with Gasteiger partial charge in [0, 0.05) is 5.41 Å². The average Bonchev–Trinajstić information content (AvgIpc) is 2.54. The largest absolute Gasteiger partial charge is 0.0622 e. The fourth-order valence-electron chi connectivity index (χ4n) is 4.50. The second kappa shape index (κ2) is 1.22. The zero-order valence-corrected chi connectivity index (χ0v) is 7.06. The van der Waals surface area contributed by atoms with Gasteiger partial charge in [0.15, 0.2) is 0 Å². The predicted molar refractivity (Wildman–Crippen MR) is 44.1 cm³/mol. The van der Waals surface area contributed by atoms with E-state index >= 15 is 0 Å². The van der Waals surface area contributed by atoms with Crippen molar-refractivity contribution < 1.29 is 0 Å². The molecule has 4 unspecified atom stereocenters. The number of hydrogen-bond acceptors (Lipinski definition) is 0. The van der Waals surface area contributed by atoms with Crippen molar-refractivity contribution in [2.24, 2.45) is 23.2 Å². The summed E-state index contributed by atoms with van der Waals surface area (Å²) in [5.74, 6) is 3.29. The molecule has 0 aromatic carbocycles. The lowest BCUT2D eigenvalue weighted by molar-refractivity contribution is 0.0529. The highest BCUT2D eigenvalue weighted by Crippen LogP contribution is 2.81. The molecule has 11 heavy (non-hydrogen) atoms. The molecule has 0 saturated heterocycles. The van der Waals surface area contributed by atoms with Crippen LogP contribution >= 0.6 is 0 Å². The van der Waals surface area contributed by atoms with E-state index in [9.17, 15) is 0 Å². The highest BCUT2D eigenvalue weighted by molar-refractivity contribution is 5.58. The summed E-state index contributed by atoms with van der Waals surface area (Å²) in [4.78, 5) is 0. The summed E-state index contributed by atoms with van der Waals surface area (Å²) in [5, 5.41) is 0. The third-order valence-corrected chi connectivity index (χ3v) is 5.06. The molecule has 2 saturated carbocycles. The summed E-state index contributed by atoms with van der Waals surface area (Å²) in [6.45, 7) is 2.48. The fourth-order valence-corrected chi connectivity index (χ4v) is 4.50. The minimum atomic E-state index is 0.856. The van der Waals surface area contributed by atoms with Crippen LogP contribution in [0.25, 0.3) is 0 Å². The van der Waals surface area contributed by atoms with E-state index in [-0.39, 0.29) is 0 Å². The summed E-state index contributed by atoms with van der Waals surface area (Å²) >= 11 is 0. The summed E-state index contributed by atoms with van der Waals surface area (Å²) in [6, 6.07) is 0. The minimum Gasteiger partial charge on any atom is -0.0622 e. The molecule has 1 spiro atoms. The van der Waals surface area contributed by atoms with Gasteiger partial charge in [-0.15, -0.1) is 0 Å². The standard InChI is InChI=1S/C11H14/c1-6-4-9-7-5-10(7)11(9)3-2-8(6)11/h6,8-9H,2-5H2,1H3. The number of hydrogen-bond donors (Lipinski definition) is 0. The first-order valence-corrected chi connectivity index (χ1v) is 5.06. The summed E-state index contributed by atoms with van der Waals surface area (Å²) in [5.41, 5.74) is 4.69. The van der Waals surface area contributed by atoms with Crippen LogP contribution in [0.2, 0.25) is 0 Å². The molecule has 2 fully saturated rings. The lowest BCUT2D eigenvalue weighted by Gasteiger charge is -2.51. The molecule has 4 aliphatic rings. The van der Waals surface area contributed by atoms with E-state index in [1.165, 1.54) is 6.42 Å². The van der Waals surface area contributed by atoms with Crippen molar-refractivity contribution in [3.63, 3.8) is 0 Å². The molecule has 0 aromatic heterocycles. The third-order valence-electron chi connectivity index (χ3n) is 5.06. The van der Waals surface area contributed by atoms with Crippen molar-refractivity contribution in [1.29, 1.82) is 0 Å². The highest BCUT2D eigenvalue weighted by atomic mass is 14.8. The summed E-state index contributed by atoms with van der Waals surface area (Å²) < 4.78 is 0.